The number of pyridine rings is 1. The molecular weight excluding hydrogens is 372 g/mol. The van der Waals surface area contributed by atoms with E-state index < -0.39 is 10.0 Å². The molecule has 0 amide bonds. The molecule has 0 unspecified atom stereocenters. The van der Waals surface area contributed by atoms with Gasteiger partial charge in [0.1, 0.15) is 0 Å². The molecule has 0 radical (unpaired) electrons. The van der Waals surface area contributed by atoms with Crippen molar-refractivity contribution in [3.63, 3.8) is 0 Å². The van der Waals surface area contributed by atoms with Crippen LogP contribution in [0.1, 0.15) is 37.5 Å². The van der Waals surface area contributed by atoms with Crippen LogP contribution in [0.25, 0.3) is 10.9 Å². The van der Waals surface area contributed by atoms with Gasteiger partial charge in [0.25, 0.3) is 5.56 Å². The first-order valence-electron chi connectivity index (χ1n) is 9.27. The number of rotatable bonds is 5. The third-order valence-electron chi connectivity index (χ3n) is 4.78. The zero-order chi connectivity index (χ0) is 20.5. The number of aryl methyl sites for hydroxylation is 2. The zero-order valence-corrected chi connectivity index (χ0v) is 17.5. The van der Waals surface area contributed by atoms with Crippen molar-refractivity contribution >= 4 is 26.6 Å². The molecule has 0 atom stereocenters. The fraction of sp³-hybridized carbons (Fsp3) is 0.318. The lowest BCUT2D eigenvalue weighted by Crippen LogP contribution is -2.18. The first-order valence-corrected chi connectivity index (χ1v) is 10.9. The second-order valence-electron chi connectivity index (χ2n) is 8.20. The number of anilines is 1. The maximum atomic E-state index is 12.5. The van der Waals surface area contributed by atoms with Crippen LogP contribution in [0.15, 0.2) is 53.3 Å². The number of H-pyrrole nitrogens is 1. The van der Waals surface area contributed by atoms with Crippen LogP contribution in [-0.4, -0.2) is 19.2 Å². The van der Waals surface area contributed by atoms with Crippen LogP contribution in [0.2, 0.25) is 0 Å². The Morgan fingerprint density at radius 2 is 1.68 bits per heavy atom. The third-order valence-corrected chi connectivity index (χ3v) is 6.07. The van der Waals surface area contributed by atoms with Crippen LogP contribution in [0, 0.1) is 6.92 Å². The van der Waals surface area contributed by atoms with Crippen LogP contribution in [-0.2, 0) is 21.9 Å². The molecule has 2 N–H and O–H groups in total. The molecule has 2 aromatic carbocycles. The number of fused-ring (bicyclic) bond motifs is 1. The molecule has 0 aliphatic heterocycles. The average Bonchev–Trinajstić information content (AvgIpc) is 2.61. The highest BCUT2D eigenvalue weighted by Gasteiger charge is 2.14. The van der Waals surface area contributed by atoms with Crippen molar-refractivity contribution in [3.05, 3.63) is 75.6 Å². The van der Waals surface area contributed by atoms with E-state index in [9.17, 15) is 13.2 Å². The Labute approximate surface area is 165 Å². The minimum Gasteiger partial charge on any atom is -0.322 e. The van der Waals surface area contributed by atoms with Crippen molar-refractivity contribution in [3.8, 4) is 0 Å². The second kappa shape index (κ2) is 7.43. The van der Waals surface area contributed by atoms with E-state index in [4.69, 9.17) is 0 Å². The monoisotopic (exact) mass is 398 g/mol. The fourth-order valence-electron chi connectivity index (χ4n) is 3.03. The summed E-state index contributed by atoms with van der Waals surface area (Å²) in [6, 6.07) is 15.0. The lowest BCUT2D eigenvalue weighted by molar-refractivity contribution is 0.589. The summed E-state index contributed by atoms with van der Waals surface area (Å²) >= 11 is 0. The highest BCUT2D eigenvalue weighted by atomic mass is 32.2. The number of aromatic amines is 1. The van der Waals surface area contributed by atoms with Crippen LogP contribution in [0.5, 0.6) is 0 Å². The standard InChI is InChI=1S/C22H26N2O3S/c1-15-13-17-7-10-19(14-20(17)23-21(15)25)24-28(26,27)12-11-16-5-8-18(9-6-16)22(2,3)4/h5-10,13-14,24H,11-12H2,1-4H3,(H,23,25). The molecule has 0 aliphatic carbocycles. The molecule has 0 bridgehead atoms. The topological polar surface area (TPSA) is 79.0 Å². The Hall–Kier alpha value is -2.60. The Morgan fingerprint density at radius 3 is 2.32 bits per heavy atom. The van der Waals surface area contributed by atoms with Crippen LogP contribution in [0.4, 0.5) is 5.69 Å². The van der Waals surface area contributed by atoms with E-state index in [-0.39, 0.29) is 16.7 Å². The summed E-state index contributed by atoms with van der Waals surface area (Å²) in [5.41, 5.74) is 3.77. The van der Waals surface area contributed by atoms with Gasteiger partial charge in [-0.15, -0.1) is 0 Å². The number of benzene rings is 2. The predicted molar refractivity (Wildman–Crippen MR) is 116 cm³/mol. The summed E-state index contributed by atoms with van der Waals surface area (Å²) in [5, 5.41) is 0.860. The molecule has 28 heavy (non-hydrogen) atoms. The summed E-state index contributed by atoms with van der Waals surface area (Å²) in [5.74, 6) is -0.00960. The highest BCUT2D eigenvalue weighted by molar-refractivity contribution is 7.92. The summed E-state index contributed by atoms with van der Waals surface area (Å²) in [7, 11) is -3.50. The van der Waals surface area contributed by atoms with E-state index in [0.717, 1.165) is 10.9 Å². The Kier molecular flexibility index (Phi) is 5.35. The normalized spacial score (nSPS) is 12.3. The van der Waals surface area contributed by atoms with Gasteiger partial charge in [0.05, 0.1) is 17.0 Å². The van der Waals surface area contributed by atoms with E-state index in [2.05, 4.69) is 42.6 Å². The molecule has 3 aromatic rings. The molecular formula is C22H26N2O3S. The molecule has 0 saturated heterocycles. The van der Waals surface area contributed by atoms with Gasteiger partial charge in [-0.1, -0.05) is 51.1 Å². The Balaban J connectivity index is 1.71. The molecule has 148 valence electrons. The van der Waals surface area contributed by atoms with Crippen LogP contribution >= 0.6 is 0 Å². The number of hydrogen-bond donors (Lipinski definition) is 2. The number of sulfonamides is 1. The van der Waals surface area contributed by atoms with E-state index in [1.54, 1.807) is 31.2 Å². The molecule has 0 aliphatic rings. The highest BCUT2D eigenvalue weighted by Crippen LogP contribution is 2.22. The van der Waals surface area contributed by atoms with Gasteiger partial charge in [-0.25, -0.2) is 8.42 Å². The molecule has 0 saturated carbocycles. The van der Waals surface area contributed by atoms with Gasteiger partial charge < -0.3 is 4.98 Å². The van der Waals surface area contributed by atoms with Crippen molar-refractivity contribution < 1.29 is 8.42 Å². The smallest absolute Gasteiger partial charge is 0.251 e. The molecule has 5 nitrogen and oxygen atoms in total. The SMILES string of the molecule is Cc1cc2ccc(NS(=O)(=O)CCc3ccc(C(C)(C)C)cc3)cc2[nH]c1=O. The van der Waals surface area contributed by atoms with Crippen molar-refractivity contribution in [1.29, 1.82) is 0 Å². The van der Waals surface area contributed by atoms with Crippen molar-refractivity contribution in [2.45, 2.75) is 39.5 Å². The largest absolute Gasteiger partial charge is 0.322 e. The van der Waals surface area contributed by atoms with Crippen LogP contribution in [0.3, 0.4) is 0 Å². The van der Waals surface area contributed by atoms with Crippen molar-refractivity contribution in [2.75, 3.05) is 10.5 Å². The van der Waals surface area contributed by atoms with Gasteiger partial charge >= 0.3 is 0 Å². The van der Waals surface area contributed by atoms with E-state index in [1.807, 2.05) is 12.1 Å². The Morgan fingerprint density at radius 1 is 1.00 bits per heavy atom. The van der Waals surface area contributed by atoms with E-state index in [1.165, 1.54) is 5.56 Å². The first kappa shape index (κ1) is 20.1. The van der Waals surface area contributed by atoms with Gasteiger partial charge in [0, 0.05) is 5.56 Å². The average molecular weight is 399 g/mol. The van der Waals surface area contributed by atoms with Gasteiger partial charge in [-0.05, 0) is 53.5 Å². The van der Waals surface area contributed by atoms with Gasteiger partial charge in [-0.2, -0.15) is 0 Å². The maximum Gasteiger partial charge on any atom is 0.251 e. The van der Waals surface area contributed by atoms with Gasteiger partial charge in [-0.3, -0.25) is 9.52 Å². The number of aromatic nitrogens is 1. The summed E-state index contributed by atoms with van der Waals surface area (Å²) < 4.78 is 27.5. The lowest BCUT2D eigenvalue weighted by Gasteiger charge is -2.19. The molecule has 3 rings (SSSR count). The molecule has 1 heterocycles. The molecule has 0 spiro atoms. The predicted octanol–water partition coefficient (Wildman–Crippen LogP) is 4.12. The summed E-state index contributed by atoms with van der Waals surface area (Å²) in [4.78, 5) is 14.5. The van der Waals surface area contributed by atoms with E-state index in [0.29, 0.717) is 23.2 Å². The first-order chi connectivity index (χ1) is 13.0. The fourth-order valence-corrected chi connectivity index (χ4v) is 4.12. The molecule has 6 heteroatoms. The summed E-state index contributed by atoms with van der Waals surface area (Å²) in [6.07, 6.45) is 0.434. The van der Waals surface area contributed by atoms with Gasteiger partial charge in [0.2, 0.25) is 10.0 Å². The number of hydrogen-bond acceptors (Lipinski definition) is 3. The third kappa shape index (κ3) is 4.81. The quantitative estimate of drug-likeness (QED) is 0.679. The van der Waals surface area contributed by atoms with Crippen LogP contribution < -0.4 is 10.3 Å². The van der Waals surface area contributed by atoms with Crippen molar-refractivity contribution in [2.24, 2.45) is 0 Å². The lowest BCUT2D eigenvalue weighted by atomic mass is 9.86. The zero-order valence-electron chi connectivity index (χ0n) is 16.7. The second-order valence-corrected chi connectivity index (χ2v) is 10.0. The minimum atomic E-state index is -3.50. The Bertz CT molecular complexity index is 1160. The molecule has 0 fully saturated rings. The van der Waals surface area contributed by atoms with E-state index >= 15 is 0 Å². The molecule has 1 aromatic heterocycles. The summed E-state index contributed by atoms with van der Waals surface area (Å²) in [6.45, 7) is 8.18. The minimum absolute atomic E-state index is 0.00960. The maximum absolute atomic E-state index is 12.5. The van der Waals surface area contributed by atoms with Gasteiger partial charge in [0.15, 0.2) is 0 Å². The van der Waals surface area contributed by atoms with Crippen molar-refractivity contribution in [1.82, 2.24) is 4.98 Å². The number of nitrogens with one attached hydrogen (secondary N) is 2.